The summed E-state index contributed by atoms with van der Waals surface area (Å²) >= 11 is 12.1. The molecule has 1 unspecified atom stereocenters. The first kappa shape index (κ1) is 19.3. The minimum atomic E-state index is -0.785. The molecule has 0 aliphatic carbocycles. The van der Waals surface area contributed by atoms with Crippen LogP contribution >= 0.6 is 23.2 Å². The molecule has 140 valence electrons. The van der Waals surface area contributed by atoms with E-state index in [1.807, 2.05) is 0 Å². The zero-order valence-corrected chi connectivity index (χ0v) is 16.4. The first-order valence-corrected chi connectivity index (χ1v) is 8.84. The number of methoxy groups -OCH3 is 1. The number of carbonyl (C=O) groups excluding carboxylic acids is 2. The molecular formula is C20H16Cl2O5. The molecule has 1 aliphatic rings. The number of ketones is 1. The topological polar surface area (TPSA) is 61.8 Å². The number of fused-ring (bicyclic) bond motifs is 1. The van der Waals surface area contributed by atoms with Gasteiger partial charge in [0.2, 0.25) is 5.78 Å². The zero-order valence-electron chi connectivity index (χ0n) is 14.8. The summed E-state index contributed by atoms with van der Waals surface area (Å²) in [5, 5.41) is 0.913. The fourth-order valence-electron chi connectivity index (χ4n) is 2.72. The Morgan fingerprint density at radius 2 is 1.96 bits per heavy atom. The molecule has 1 heterocycles. The number of hydrogen-bond donors (Lipinski definition) is 0. The molecule has 7 heteroatoms. The predicted molar refractivity (Wildman–Crippen MR) is 103 cm³/mol. The highest BCUT2D eigenvalue weighted by Gasteiger charge is 2.30. The van der Waals surface area contributed by atoms with Crippen LogP contribution in [0.15, 0.2) is 36.1 Å². The van der Waals surface area contributed by atoms with E-state index in [9.17, 15) is 9.59 Å². The lowest BCUT2D eigenvalue weighted by molar-refractivity contribution is -0.147. The van der Waals surface area contributed by atoms with Crippen LogP contribution in [0, 0.1) is 6.92 Å². The Bertz CT molecular complexity index is 965. The number of ether oxygens (including phenoxy) is 3. The van der Waals surface area contributed by atoms with Gasteiger partial charge in [-0.25, -0.2) is 4.79 Å². The Hall–Kier alpha value is -2.50. The lowest BCUT2D eigenvalue weighted by atomic mass is 10.0. The van der Waals surface area contributed by atoms with E-state index in [1.54, 1.807) is 50.3 Å². The van der Waals surface area contributed by atoms with Gasteiger partial charge in [0.05, 0.1) is 12.7 Å². The van der Waals surface area contributed by atoms with Crippen LogP contribution in [0.5, 0.6) is 11.5 Å². The number of allylic oxidation sites excluding steroid dienone is 1. The minimum Gasteiger partial charge on any atom is -0.479 e. The molecule has 0 bridgehead atoms. The largest absolute Gasteiger partial charge is 0.479 e. The van der Waals surface area contributed by atoms with Crippen molar-refractivity contribution >= 4 is 41.0 Å². The number of carbonyl (C=O) groups is 2. The number of aryl methyl sites for hydroxylation is 1. The average Bonchev–Trinajstić information content (AvgIpc) is 2.92. The van der Waals surface area contributed by atoms with Gasteiger partial charge in [-0.1, -0.05) is 29.3 Å². The van der Waals surface area contributed by atoms with Crippen LogP contribution in [-0.4, -0.2) is 25.0 Å². The summed E-state index contributed by atoms with van der Waals surface area (Å²) in [5.74, 6) is 0.172. The summed E-state index contributed by atoms with van der Waals surface area (Å²) in [6.07, 6.45) is 0.783. The lowest BCUT2D eigenvalue weighted by Crippen LogP contribution is -2.24. The van der Waals surface area contributed by atoms with Gasteiger partial charge in [-0.15, -0.1) is 0 Å². The number of Topliss-reactive ketones (excluding diaryl/α,β-unsaturated/α-hetero) is 1. The molecule has 27 heavy (non-hydrogen) atoms. The third-order valence-electron chi connectivity index (χ3n) is 4.04. The van der Waals surface area contributed by atoms with Crippen LogP contribution in [0.1, 0.15) is 28.4 Å². The molecule has 3 rings (SSSR count). The molecule has 0 amide bonds. The van der Waals surface area contributed by atoms with E-state index in [0.29, 0.717) is 38.2 Å². The second kappa shape index (κ2) is 7.62. The van der Waals surface area contributed by atoms with Crippen molar-refractivity contribution in [2.45, 2.75) is 20.0 Å². The molecule has 1 aliphatic heterocycles. The van der Waals surface area contributed by atoms with Crippen LogP contribution in [-0.2, 0) is 9.53 Å². The fraction of sp³-hybridized carbons (Fsp3) is 0.200. The van der Waals surface area contributed by atoms with Crippen LogP contribution in [0.3, 0.4) is 0 Å². The van der Waals surface area contributed by atoms with Crippen molar-refractivity contribution in [3.63, 3.8) is 0 Å². The van der Waals surface area contributed by atoms with E-state index in [1.165, 1.54) is 7.11 Å². The fourth-order valence-corrected chi connectivity index (χ4v) is 3.19. The molecule has 2 aromatic rings. The second-order valence-corrected chi connectivity index (χ2v) is 6.85. The van der Waals surface area contributed by atoms with E-state index < -0.39 is 12.1 Å². The van der Waals surface area contributed by atoms with Crippen molar-refractivity contribution in [3.8, 4) is 11.5 Å². The van der Waals surface area contributed by atoms with Crippen molar-refractivity contribution in [3.05, 3.63) is 62.8 Å². The van der Waals surface area contributed by atoms with Crippen molar-refractivity contribution in [2.24, 2.45) is 0 Å². The van der Waals surface area contributed by atoms with Gasteiger partial charge in [0.25, 0.3) is 0 Å². The van der Waals surface area contributed by atoms with Crippen molar-refractivity contribution < 1.29 is 23.8 Å². The van der Waals surface area contributed by atoms with Gasteiger partial charge in [0, 0.05) is 16.1 Å². The van der Waals surface area contributed by atoms with Crippen LogP contribution in [0.2, 0.25) is 10.0 Å². The normalized spacial score (nSPS) is 15.3. The monoisotopic (exact) mass is 406 g/mol. The Labute approximate surface area is 166 Å². The summed E-state index contributed by atoms with van der Waals surface area (Å²) in [6.45, 7) is 3.35. The molecule has 0 spiro atoms. The Morgan fingerprint density at radius 3 is 2.63 bits per heavy atom. The first-order chi connectivity index (χ1) is 12.8. The van der Waals surface area contributed by atoms with Crippen molar-refractivity contribution in [2.75, 3.05) is 7.11 Å². The highest BCUT2D eigenvalue weighted by molar-refractivity contribution is 6.35. The average molecular weight is 407 g/mol. The number of benzene rings is 2. The predicted octanol–water partition coefficient (Wildman–Crippen LogP) is 4.86. The molecule has 0 aromatic heterocycles. The number of hydrogen-bond acceptors (Lipinski definition) is 5. The maximum Gasteiger partial charge on any atom is 0.346 e. The highest BCUT2D eigenvalue weighted by Crippen LogP contribution is 2.38. The first-order valence-electron chi connectivity index (χ1n) is 8.08. The Kier molecular flexibility index (Phi) is 5.44. The summed E-state index contributed by atoms with van der Waals surface area (Å²) in [6, 6.07) is 8.23. The van der Waals surface area contributed by atoms with E-state index >= 15 is 0 Å². The van der Waals surface area contributed by atoms with E-state index in [2.05, 4.69) is 4.74 Å². The standard InChI is InChI=1S/C20H16Cl2O5/c1-10-6-14(26-11(2)20(24)25-3)9-16-18(10)19(23)17(27-16)7-12-4-5-13(21)8-15(12)22/h4-9,11H,1-3H3/b17-7-. The minimum absolute atomic E-state index is 0.149. The number of rotatable bonds is 4. The van der Waals surface area contributed by atoms with E-state index in [-0.39, 0.29) is 11.5 Å². The Morgan fingerprint density at radius 1 is 1.22 bits per heavy atom. The van der Waals surface area contributed by atoms with E-state index in [4.69, 9.17) is 32.7 Å². The Balaban J connectivity index is 1.91. The van der Waals surface area contributed by atoms with Gasteiger partial charge in [-0.3, -0.25) is 4.79 Å². The molecule has 5 nitrogen and oxygen atoms in total. The number of halogens is 2. The summed E-state index contributed by atoms with van der Waals surface area (Å²) < 4.78 is 15.9. The second-order valence-electron chi connectivity index (χ2n) is 6.00. The third kappa shape index (κ3) is 3.94. The van der Waals surface area contributed by atoms with Crippen LogP contribution in [0.4, 0.5) is 0 Å². The summed E-state index contributed by atoms with van der Waals surface area (Å²) in [7, 11) is 1.29. The van der Waals surface area contributed by atoms with E-state index in [0.717, 1.165) is 0 Å². The van der Waals surface area contributed by atoms with Gasteiger partial charge >= 0.3 is 5.97 Å². The maximum absolute atomic E-state index is 12.7. The van der Waals surface area contributed by atoms with Gasteiger partial charge in [0.15, 0.2) is 11.9 Å². The lowest BCUT2D eigenvalue weighted by Gasteiger charge is -2.13. The molecule has 0 radical (unpaired) electrons. The molecule has 2 aromatic carbocycles. The summed E-state index contributed by atoms with van der Waals surface area (Å²) in [5.41, 5.74) is 1.74. The van der Waals surface area contributed by atoms with Crippen molar-refractivity contribution in [1.29, 1.82) is 0 Å². The quantitative estimate of drug-likeness (QED) is 0.535. The molecule has 1 atom stereocenters. The van der Waals surface area contributed by atoms with Gasteiger partial charge in [0.1, 0.15) is 11.5 Å². The molecule has 0 N–H and O–H groups in total. The zero-order chi connectivity index (χ0) is 19.7. The smallest absolute Gasteiger partial charge is 0.346 e. The molecule has 0 saturated carbocycles. The maximum atomic E-state index is 12.7. The van der Waals surface area contributed by atoms with Gasteiger partial charge < -0.3 is 14.2 Å². The third-order valence-corrected chi connectivity index (χ3v) is 4.60. The highest BCUT2D eigenvalue weighted by atomic mass is 35.5. The van der Waals surface area contributed by atoms with Crippen LogP contribution < -0.4 is 9.47 Å². The van der Waals surface area contributed by atoms with Gasteiger partial charge in [-0.2, -0.15) is 0 Å². The van der Waals surface area contributed by atoms with Gasteiger partial charge in [-0.05, 0) is 49.2 Å². The SMILES string of the molecule is COC(=O)C(C)Oc1cc(C)c2c(c1)O/C(=C\c1ccc(Cl)cc1Cl)C2=O. The summed E-state index contributed by atoms with van der Waals surface area (Å²) in [4.78, 5) is 24.2. The number of esters is 1. The van der Waals surface area contributed by atoms with Crippen molar-refractivity contribution in [1.82, 2.24) is 0 Å². The van der Waals surface area contributed by atoms with Crippen LogP contribution in [0.25, 0.3) is 6.08 Å². The molecule has 0 saturated heterocycles. The molecular weight excluding hydrogens is 391 g/mol. The molecule has 0 fully saturated rings.